The van der Waals surface area contributed by atoms with Crippen LogP contribution in [0.5, 0.6) is 0 Å². The van der Waals surface area contributed by atoms with E-state index < -0.39 is 42.6 Å². The molecule has 24 heavy (non-hydrogen) atoms. The van der Waals surface area contributed by atoms with Gasteiger partial charge in [-0.05, 0) is 68.1 Å². The predicted molar refractivity (Wildman–Crippen MR) is 85.7 cm³/mol. The van der Waals surface area contributed by atoms with E-state index in [-0.39, 0.29) is 24.7 Å². The highest BCUT2D eigenvalue weighted by atomic mass is 19.2. The van der Waals surface area contributed by atoms with Crippen LogP contribution >= 0.6 is 0 Å². The molecule has 3 aliphatic rings. The summed E-state index contributed by atoms with van der Waals surface area (Å²) in [5.74, 6) is -0.918. The molecule has 3 aliphatic carbocycles. The first-order chi connectivity index (χ1) is 11.4. The van der Waals surface area contributed by atoms with Crippen molar-refractivity contribution in [3.63, 3.8) is 0 Å². The van der Waals surface area contributed by atoms with Gasteiger partial charge in [-0.25, -0.2) is 17.6 Å². The molecule has 8 unspecified atom stereocenters. The Hall–Kier alpha value is -0.320. The lowest BCUT2D eigenvalue weighted by Gasteiger charge is -2.45. The van der Waals surface area contributed by atoms with Crippen molar-refractivity contribution in [2.45, 2.75) is 89.1 Å². The number of rotatable bonds is 2. The van der Waals surface area contributed by atoms with Gasteiger partial charge in [0, 0.05) is 0 Å². The van der Waals surface area contributed by atoms with Gasteiger partial charge < -0.3 is 5.11 Å². The summed E-state index contributed by atoms with van der Waals surface area (Å²) in [6.45, 7) is 2.20. The van der Waals surface area contributed by atoms with E-state index >= 15 is 0 Å². The summed E-state index contributed by atoms with van der Waals surface area (Å²) >= 11 is 0. The van der Waals surface area contributed by atoms with Gasteiger partial charge in [-0.3, -0.25) is 0 Å². The van der Waals surface area contributed by atoms with Gasteiger partial charge in [0.05, 0.1) is 6.10 Å². The van der Waals surface area contributed by atoms with Gasteiger partial charge in [0.15, 0.2) is 6.17 Å². The van der Waals surface area contributed by atoms with Crippen molar-refractivity contribution in [3.8, 4) is 0 Å². The minimum atomic E-state index is -1.97. The molecule has 1 N–H and O–H groups in total. The van der Waals surface area contributed by atoms with Crippen LogP contribution in [-0.2, 0) is 0 Å². The lowest BCUT2D eigenvalue weighted by atomic mass is 9.63. The second-order valence-corrected chi connectivity index (χ2v) is 8.51. The predicted octanol–water partition coefficient (Wildman–Crippen LogP) is 4.96. The molecule has 3 rings (SSSR count). The highest BCUT2D eigenvalue weighted by Gasteiger charge is 2.51. The number of aliphatic hydroxyl groups is 1. The molecule has 0 aromatic heterocycles. The molecular formula is C19H30F4O. The van der Waals surface area contributed by atoms with Crippen molar-refractivity contribution in [2.24, 2.45) is 29.6 Å². The molecule has 5 heteroatoms. The minimum absolute atomic E-state index is 0.135. The summed E-state index contributed by atoms with van der Waals surface area (Å²) in [4.78, 5) is 0. The average Bonchev–Trinajstić information content (AvgIpc) is 2.57. The Morgan fingerprint density at radius 1 is 0.583 bits per heavy atom. The van der Waals surface area contributed by atoms with Crippen LogP contribution in [0.1, 0.15) is 58.3 Å². The first-order valence-corrected chi connectivity index (χ1v) is 9.64. The van der Waals surface area contributed by atoms with E-state index in [1.54, 1.807) is 0 Å². The van der Waals surface area contributed by atoms with Crippen LogP contribution in [0.3, 0.4) is 0 Å². The Bertz CT molecular complexity index is 412. The third kappa shape index (κ3) is 3.47. The van der Waals surface area contributed by atoms with Crippen molar-refractivity contribution in [1.29, 1.82) is 0 Å². The van der Waals surface area contributed by atoms with Crippen LogP contribution in [0.2, 0.25) is 0 Å². The molecule has 0 aromatic rings. The minimum Gasteiger partial charge on any atom is -0.390 e. The van der Waals surface area contributed by atoms with Gasteiger partial charge in [-0.1, -0.05) is 19.8 Å². The van der Waals surface area contributed by atoms with Crippen LogP contribution in [-0.4, -0.2) is 35.9 Å². The monoisotopic (exact) mass is 350 g/mol. The maximum Gasteiger partial charge on any atom is 0.157 e. The quantitative estimate of drug-likeness (QED) is 0.698. The van der Waals surface area contributed by atoms with Gasteiger partial charge in [0.2, 0.25) is 0 Å². The van der Waals surface area contributed by atoms with Crippen LogP contribution in [0.4, 0.5) is 17.6 Å². The molecule has 8 atom stereocenters. The van der Waals surface area contributed by atoms with E-state index in [2.05, 4.69) is 6.92 Å². The van der Waals surface area contributed by atoms with Crippen LogP contribution in [0.25, 0.3) is 0 Å². The molecule has 0 aromatic carbocycles. The first kappa shape index (κ1) is 18.5. The Kier molecular flexibility index (Phi) is 5.78. The Balaban J connectivity index is 1.63. The van der Waals surface area contributed by atoms with Crippen LogP contribution in [0.15, 0.2) is 0 Å². The van der Waals surface area contributed by atoms with Crippen LogP contribution < -0.4 is 0 Å². The van der Waals surface area contributed by atoms with Crippen LogP contribution in [0, 0.1) is 29.6 Å². The Morgan fingerprint density at radius 3 is 1.67 bits per heavy atom. The largest absolute Gasteiger partial charge is 0.390 e. The number of hydrogen-bond acceptors (Lipinski definition) is 1. The van der Waals surface area contributed by atoms with Crippen molar-refractivity contribution >= 4 is 0 Å². The molecular weight excluding hydrogens is 320 g/mol. The van der Waals surface area contributed by atoms with Gasteiger partial charge >= 0.3 is 0 Å². The second kappa shape index (κ2) is 7.51. The van der Waals surface area contributed by atoms with Gasteiger partial charge in [0.1, 0.15) is 18.5 Å². The zero-order valence-corrected chi connectivity index (χ0v) is 14.4. The summed E-state index contributed by atoms with van der Waals surface area (Å²) in [6.07, 6.45) is -2.96. The summed E-state index contributed by atoms with van der Waals surface area (Å²) < 4.78 is 57.6. The third-order valence-electron chi connectivity index (χ3n) is 7.05. The first-order valence-electron chi connectivity index (χ1n) is 9.64. The Morgan fingerprint density at radius 2 is 1.04 bits per heavy atom. The molecule has 0 heterocycles. The zero-order valence-electron chi connectivity index (χ0n) is 14.4. The summed E-state index contributed by atoms with van der Waals surface area (Å²) in [7, 11) is 0. The molecule has 0 saturated heterocycles. The molecule has 3 saturated carbocycles. The molecule has 3 fully saturated rings. The van der Waals surface area contributed by atoms with E-state index in [0.29, 0.717) is 18.8 Å². The van der Waals surface area contributed by atoms with Crippen molar-refractivity contribution < 1.29 is 22.7 Å². The number of aliphatic hydroxyl groups excluding tert-OH is 1. The number of alkyl halides is 4. The summed E-state index contributed by atoms with van der Waals surface area (Å²) in [5, 5.41) is 9.43. The maximum absolute atomic E-state index is 14.8. The van der Waals surface area contributed by atoms with E-state index in [9.17, 15) is 22.7 Å². The summed E-state index contributed by atoms with van der Waals surface area (Å²) in [5.41, 5.74) is 0. The number of hydrogen-bond donors (Lipinski definition) is 1. The highest BCUT2D eigenvalue weighted by molar-refractivity contribution is 4.99. The SMILES string of the molecule is CC1CCC(C2CCC(C3CCC(O)C(F)C3F)C(F)C2F)CC1. The topological polar surface area (TPSA) is 20.2 Å². The van der Waals surface area contributed by atoms with Gasteiger partial charge in [-0.2, -0.15) is 0 Å². The molecule has 140 valence electrons. The fraction of sp³-hybridized carbons (Fsp3) is 1.00. The van der Waals surface area contributed by atoms with Gasteiger partial charge in [-0.15, -0.1) is 0 Å². The van der Waals surface area contributed by atoms with Crippen molar-refractivity contribution in [3.05, 3.63) is 0 Å². The standard InChI is InChI=1S/C19H30F4O/c1-10-2-4-11(5-3-10)12-6-7-13(17(21)16(12)20)14-8-9-15(24)19(23)18(14)22/h10-19,24H,2-9H2,1H3. The molecule has 0 spiro atoms. The van der Waals surface area contributed by atoms with Crippen molar-refractivity contribution in [2.75, 3.05) is 0 Å². The second-order valence-electron chi connectivity index (χ2n) is 8.51. The molecule has 0 amide bonds. The molecule has 0 bridgehead atoms. The normalized spacial score (nSPS) is 53.8. The lowest BCUT2D eigenvalue weighted by Crippen LogP contribution is -2.50. The van der Waals surface area contributed by atoms with Gasteiger partial charge in [0.25, 0.3) is 0 Å². The fourth-order valence-electron chi connectivity index (χ4n) is 5.42. The van der Waals surface area contributed by atoms with Crippen molar-refractivity contribution in [1.82, 2.24) is 0 Å². The van der Waals surface area contributed by atoms with E-state index in [4.69, 9.17) is 0 Å². The fourth-order valence-corrected chi connectivity index (χ4v) is 5.42. The maximum atomic E-state index is 14.8. The third-order valence-corrected chi connectivity index (χ3v) is 7.05. The molecule has 0 radical (unpaired) electrons. The van der Waals surface area contributed by atoms with E-state index in [1.165, 1.54) is 0 Å². The smallest absolute Gasteiger partial charge is 0.157 e. The summed E-state index contributed by atoms with van der Waals surface area (Å²) in [6, 6.07) is 0. The average molecular weight is 350 g/mol. The molecule has 1 nitrogen and oxygen atoms in total. The van der Waals surface area contributed by atoms with E-state index in [1.807, 2.05) is 0 Å². The molecule has 0 aliphatic heterocycles. The Labute approximate surface area is 142 Å². The highest BCUT2D eigenvalue weighted by Crippen LogP contribution is 2.48. The van der Waals surface area contributed by atoms with E-state index in [0.717, 1.165) is 25.7 Å². The number of halogens is 4. The zero-order chi connectivity index (χ0) is 17.4. The lowest BCUT2D eigenvalue weighted by molar-refractivity contribution is -0.0897.